The molecular formula is C9H7F4NO2. The van der Waals surface area contributed by atoms with Crippen molar-refractivity contribution in [1.29, 1.82) is 0 Å². The summed E-state index contributed by atoms with van der Waals surface area (Å²) in [6.07, 6.45) is -4.76. The molecule has 0 aromatic heterocycles. The van der Waals surface area contributed by atoms with Gasteiger partial charge >= 0.3 is 6.18 Å². The summed E-state index contributed by atoms with van der Waals surface area (Å²) in [5, 5.41) is 0. The third-order valence-electron chi connectivity index (χ3n) is 1.86. The summed E-state index contributed by atoms with van der Waals surface area (Å²) in [6.45, 7) is 0. The average molecular weight is 237 g/mol. The van der Waals surface area contributed by atoms with E-state index in [4.69, 9.17) is 5.73 Å². The molecule has 0 bridgehead atoms. The van der Waals surface area contributed by atoms with E-state index in [9.17, 15) is 22.4 Å². The highest BCUT2D eigenvalue weighted by Gasteiger charge is 2.35. The Bertz CT molecular complexity index is 428. The van der Waals surface area contributed by atoms with Crippen LogP contribution in [-0.2, 0) is 6.18 Å². The van der Waals surface area contributed by atoms with E-state index >= 15 is 0 Å². The molecule has 0 saturated carbocycles. The van der Waals surface area contributed by atoms with E-state index in [0.717, 1.165) is 7.11 Å². The van der Waals surface area contributed by atoms with E-state index in [0.29, 0.717) is 6.07 Å². The number of alkyl halides is 3. The van der Waals surface area contributed by atoms with Crippen LogP contribution in [0, 0.1) is 5.82 Å². The number of carbonyl (C=O) groups is 1. The lowest BCUT2D eigenvalue weighted by molar-refractivity contribution is -0.139. The minimum Gasteiger partial charge on any atom is -0.496 e. The van der Waals surface area contributed by atoms with Crippen LogP contribution in [0.5, 0.6) is 5.75 Å². The van der Waals surface area contributed by atoms with Gasteiger partial charge in [-0.15, -0.1) is 0 Å². The lowest BCUT2D eigenvalue weighted by atomic mass is 10.1. The fourth-order valence-electron chi connectivity index (χ4n) is 1.13. The topological polar surface area (TPSA) is 52.3 Å². The number of hydrogen-bond acceptors (Lipinski definition) is 2. The molecule has 0 unspecified atom stereocenters. The number of halogens is 4. The van der Waals surface area contributed by atoms with Crippen molar-refractivity contribution in [1.82, 2.24) is 0 Å². The van der Waals surface area contributed by atoms with Crippen molar-refractivity contribution in [3.8, 4) is 5.75 Å². The van der Waals surface area contributed by atoms with Crippen molar-refractivity contribution in [3.05, 3.63) is 29.1 Å². The predicted octanol–water partition coefficient (Wildman–Crippen LogP) is 1.95. The molecular weight excluding hydrogens is 230 g/mol. The Kier molecular flexibility index (Phi) is 3.06. The van der Waals surface area contributed by atoms with Gasteiger partial charge in [0, 0.05) is 0 Å². The van der Waals surface area contributed by atoms with E-state index in [1.807, 2.05) is 0 Å². The molecule has 2 N–H and O–H groups in total. The van der Waals surface area contributed by atoms with Crippen LogP contribution in [0.2, 0.25) is 0 Å². The molecule has 0 aliphatic carbocycles. The van der Waals surface area contributed by atoms with Gasteiger partial charge in [0.15, 0.2) is 0 Å². The molecule has 1 amide bonds. The molecule has 0 fully saturated rings. The number of carbonyl (C=O) groups excluding carboxylic acids is 1. The molecule has 16 heavy (non-hydrogen) atoms. The van der Waals surface area contributed by atoms with Gasteiger partial charge in [-0.1, -0.05) is 0 Å². The minimum absolute atomic E-state index is 0.179. The molecule has 7 heteroatoms. The molecule has 1 aromatic carbocycles. The fraction of sp³-hybridized carbons (Fsp3) is 0.222. The zero-order chi connectivity index (χ0) is 12.5. The summed E-state index contributed by atoms with van der Waals surface area (Å²) in [4.78, 5) is 10.7. The van der Waals surface area contributed by atoms with E-state index in [1.54, 1.807) is 0 Å². The SMILES string of the molecule is COc1cc(C(N)=O)c(F)cc1C(F)(F)F. The van der Waals surface area contributed by atoms with Gasteiger partial charge in [0.2, 0.25) is 0 Å². The summed E-state index contributed by atoms with van der Waals surface area (Å²) in [6, 6.07) is 0.805. The summed E-state index contributed by atoms with van der Waals surface area (Å²) < 4.78 is 54.7. The summed E-state index contributed by atoms with van der Waals surface area (Å²) in [5.41, 5.74) is 2.84. The quantitative estimate of drug-likeness (QED) is 0.799. The first kappa shape index (κ1) is 12.3. The molecule has 1 aromatic rings. The fourth-order valence-corrected chi connectivity index (χ4v) is 1.13. The Morgan fingerprint density at radius 1 is 1.38 bits per heavy atom. The molecule has 3 nitrogen and oxygen atoms in total. The van der Waals surface area contributed by atoms with Gasteiger partial charge in [-0.3, -0.25) is 4.79 Å². The van der Waals surface area contributed by atoms with Crippen LogP contribution in [-0.4, -0.2) is 13.0 Å². The van der Waals surface area contributed by atoms with Crippen molar-refractivity contribution in [2.75, 3.05) is 7.11 Å². The molecule has 0 atom stereocenters. The number of methoxy groups -OCH3 is 1. The average Bonchev–Trinajstić information content (AvgIpc) is 2.15. The van der Waals surface area contributed by atoms with Crippen LogP contribution < -0.4 is 10.5 Å². The molecule has 1 rings (SSSR count). The van der Waals surface area contributed by atoms with Gasteiger partial charge < -0.3 is 10.5 Å². The van der Waals surface area contributed by atoms with E-state index < -0.39 is 34.8 Å². The Morgan fingerprint density at radius 3 is 2.31 bits per heavy atom. The highest BCUT2D eigenvalue weighted by Crippen LogP contribution is 2.37. The Hall–Kier alpha value is -1.79. The predicted molar refractivity (Wildman–Crippen MR) is 46.5 cm³/mol. The van der Waals surface area contributed by atoms with Crippen molar-refractivity contribution in [2.45, 2.75) is 6.18 Å². The molecule has 0 spiro atoms. The third-order valence-corrected chi connectivity index (χ3v) is 1.86. The van der Waals surface area contributed by atoms with Crippen LogP contribution in [0.1, 0.15) is 15.9 Å². The van der Waals surface area contributed by atoms with Gasteiger partial charge in [-0.25, -0.2) is 4.39 Å². The van der Waals surface area contributed by atoms with Crippen molar-refractivity contribution in [2.24, 2.45) is 5.73 Å². The van der Waals surface area contributed by atoms with Crippen LogP contribution in [0.15, 0.2) is 12.1 Å². The third kappa shape index (κ3) is 2.23. The second-order valence-electron chi connectivity index (χ2n) is 2.89. The number of rotatable bonds is 2. The van der Waals surface area contributed by atoms with Crippen molar-refractivity contribution < 1.29 is 27.1 Å². The number of benzene rings is 1. The van der Waals surface area contributed by atoms with Gasteiger partial charge in [-0.2, -0.15) is 13.2 Å². The van der Waals surface area contributed by atoms with Crippen LogP contribution in [0.3, 0.4) is 0 Å². The molecule has 0 radical (unpaired) electrons. The molecule has 0 aliphatic heterocycles. The van der Waals surface area contributed by atoms with Gasteiger partial charge in [0.25, 0.3) is 5.91 Å². The Balaban J connectivity index is 3.44. The zero-order valence-corrected chi connectivity index (χ0v) is 8.06. The summed E-state index contributed by atoms with van der Waals surface area (Å²) >= 11 is 0. The maximum Gasteiger partial charge on any atom is 0.420 e. The first-order valence-electron chi connectivity index (χ1n) is 4.02. The second-order valence-corrected chi connectivity index (χ2v) is 2.89. The lowest BCUT2D eigenvalue weighted by Gasteiger charge is -2.13. The first-order chi connectivity index (χ1) is 7.27. The summed E-state index contributed by atoms with van der Waals surface area (Å²) in [5.74, 6) is -3.15. The first-order valence-corrected chi connectivity index (χ1v) is 4.02. The van der Waals surface area contributed by atoms with E-state index in [2.05, 4.69) is 4.74 Å². The lowest BCUT2D eigenvalue weighted by Crippen LogP contribution is -2.16. The number of hydrogen-bond donors (Lipinski definition) is 1. The number of nitrogens with two attached hydrogens (primary N) is 1. The maximum atomic E-state index is 13.1. The normalized spacial score (nSPS) is 11.3. The number of amides is 1. The standard InChI is InChI=1S/C9H7F4NO2/c1-16-7-2-4(8(14)15)6(10)3-5(7)9(11,12)13/h2-3H,1H3,(H2,14,15). The molecule has 0 aliphatic rings. The largest absolute Gasteiger partial charge is 0.496 e. The Labute approximate surface area is 87.8 Å². The van der Waals surface area contributed by atoms with Gasteiger partial charge in [0.1, 0.15) is 17.1 Å². The minimum atomic E-state index is -4.76. The molecule has 0 heterocycles. The smallest absolute Gasteiger partial charge is 0.420 e. The van der Waals surface area contributed by atoms with Crippen LogP contribution >= 0.6 is 0 Å². The maximum absolute atomic E-state index is 13.1. The number of ether oxygens (including phenoxy) is 1. The van der Waals surface area contributed by atoms with E-state index in [1.165, 1.54) is 0 Å². The monoisotopic (exact) mass is 237 g/mol. The highest BCUT2D eigenvalue weighted by atomic mass is 19.4. The van der Waals surface area contributed by atoms with Crippen molar-refractivity contribution >= 4 is 5.91 Å². The number of primary amides is 1. The van der Waals surface area contributed by atoms with E-state index in [-0.39, 0.29) is 6.07 Å². The van der Waals surface area contributed by atoms with Crippen molar-refractivity contribution in [3.63, 3.8) is 0 Å². The van der Waals surface area contributed by atoms with Crippen LogP contribution in [0.25, 0.3) is 0 Å². The van der Waals surface area contributed by atoms with Crippen LogP contribution in [0.4, 0.5) is 17.6 Å². The second kappa shape index (κ2) is 3.99. The zero-order valence-electron chi connectivity index (χ0n) is 8.06. The van der Waals surface area contributed by atoms with Gasteiger partial charge in [0.05, 0.1) is 12.7 Å². The van der Waals surface area contributed by atoms with Gasteiger partial charge in [-0.05, 0) is 12.1 Å². The Morgan fingerprint density at radius 2 is 1.94 bits per heavy atom. The molecule has 88 valence electrons. The highest BCUT2D eigenvalue weighted by molar-refractivity contribution is 5.93. The summed E-state index contributed by atoms with van der Waals surface area (Å²) in [7, 11) is 0.979. The molecule has 0 saturated heterocycles.